The lowest BCUT2D eigenvalue weighted by Crippen LogP contribution is -2.17. The van der Waals surface area contributed by atoms with Gasteiger partial charge < -0.3 is 5.32 Å². The van der Waals surface area contributed by atoms with E-state index < -0.39 is 27.4 Å². The molecule has 1 aromatic heterocycles. The highest BCUT2D eigenvalue weighted by Gasteiger charge is 2.29. The van der Waals surface area contributed by atoms with Crippen LogP contribution in [0.5, 0.6) is 0 Å². The van der Waals surface area contributed by atoms with Gasteiger partial charge in [0.2, 0.25) is 0 Å². The number of anilines is 1. The van der Waals surface area contributed by atoms with Crippen molar-refractivity contribution in [3.63, 3.8) is 0 Å². The summed E-state index contributed by atoms with van der Waals surface area (Å²) in [6.07, 6.45) is 0. The minimum absolute atomic E-state index is 0.104. The summed E-state index contributed by atoms with van der Waals surface area (Å²) in [5.74, 6) is -0.373. The van der Waals surface area contributed by atoms with Gasteiger partial charge in [0.05, 0.1) is 27.8 Å². The number of rotatable bonds is 4. The molecule has 0 saturated carbocycles. The van der Waals surface area contributed by atoms with Gasteiger partial charge in [-0.15, -0.1) is 0 Å². The van der Waals surface area contributed by atoms with Crippen molar-refractivity contribution >= 4 is 28.2 Å². The van der Waals surface area contributed by atoms with Crippen molar-refractivity contribution in [1.29, 1.82) is 0 Å². The van der Waals surface area contributed by atoms with E-state index in [4.69, 9.17) is 0 Å². The number of hydrogen-bond acceptors (Lipinski definition) is 5. The van der Waals surface area contributed by atoms with Gasteiger partial charge in [-0.05, 0) is 30.3 Å². The molecule has 0 aliphatic carbocycles. The third kappa shape index (κ3) is 3.18. The lowest BCUT2D eigenvalue weighted by atomic mass is 10.1. The molecule has 0 spiro atoms. The Morgan fingerprint density at radius 1 is 1.18 bits per heavy atom. The first kappa shape index (κ1) is 18.0. The molecule has 0 radical (unpaired) electrons. The molecule has 0 saturated heterocycles. The standard InChI is InChI=1S/C18H13FN4O4S/c19-11-5-7-12(8-6-11)22-17(14-9-28(27)10-15(14)21-22)20-18(24)13-3-1-2-4-16(13)23(25)26/h1-8H,9-10H2,(H,20,24)/t28-/m1/s1. The molecule has 8 nitrogen and oxygen atoms in total. The zero-order chi connectivity index (χ0) is 19.8. The number of halogens is 1. The summed E-state index contributed by atoms with van der Waals surface area (Å²) < 4.78 is 26.6. The van der Waals surface area contributed by atoms with Gasteiger partial charge in [0.25, 0.3) is 11.6 Å². The molecule has 1 amide bonds. The summed E-state index contributed by atoms with van der Waals surface area (Å²) in [6, 6.07) is 11.1. The van der Waals surface area contributed by atoms with E-state index in [9.17, 15) is 23.5 Å². The van der Waals surface area contributed by atoms with Crippen LogP contribution in [-0.2, 0) is 22.3 Å². The number of nitrogens with one attached hydrogen (secondary N) is 1. The first-order valence-corrected chi connectivity index (χ1v) is 9.69. The summed E-state index contributed by atoms with van der Waals surface area (Å²) in [4.78, 5) is 23.3. The first-order valence-electron chi connectivity index (χ1n) is 8.20. The van der Waals surface area contributed by atoms with Gasteiger partial charge in [-0.25, -0.2) is 9.07 Å². The van der Waals surface area contributed by atoms with Crippen LogP contribution in [0.15, 0.2) is 48.5 Å². The van der Waals surface area contributed by atoms with Gasteiger partial charge in [0, 0.05) is 22.4 Å². The molecule has 28 heavy (non-hydrogen) atoms. The van der Waals surface area contributed by atoms with E-state index in [-0.39, 0.29) is 28.6 Å². The molecule has 0 unspecified atom stereocenters. The number of nitro groups is 1. The highest BCUT2D eigenvalue weighted by Crippen LogP contribution is 2.32. The number of carbonyl (C=O) groups is 1. The molecule has 1 atom stereocenters. The number of para-hydroxylation sites is 1. The monoisotopic (exact) mass is 400 g/mol. The number of fused-ring (bicyclic) bond motifs is 1. The number of carbonyl (C=O) groups excluding carboxylic acids is 1. The molecule has 1 aliphatic rings. The quantitative estimate of drug-likeness (QED) is 0.535. The molecule has 1 N–H and O–H groups in total. The Bertz CT molecular complexity index is 1130. The van der Waals surface area contributed by atoms with E-state index in [1.54, 1.807) is 0 Å². The maximum absolute atomic E-state index is 13.3. The van der Waals surface area contributed by atoms with E-state index in [1.807, 2.05) is 0 Å². The zero-order valence-corrected chi connectivity index (χ0v) is 15.1. The Labute approximate surface area is 160 Å². The fourth-order valence-corrected chi connectivity index (χ4v) is 4.29. The number of amides is 1. The van der Waals surface area contributed by atoms with Crippen LogP contribution in [0.4, 0.5) is 15.9 Å². The van der Waals surface area contributed by atoms with Crippen LogP contribution in [0.25, 0.3) is 5.69 Å². The fourth-order valence-electron chi connectivity index (χ4n) is 3.02. The predicted octanol–water partition coefficient (Wildman–Crippen LogP) is 2.93. The normalized spacial score (nSPS) is 15.2. The van der Waals surface area contributed by atoms with Crippen molar-refractivity contribution < 1.29 is 18.3 Å². The summed E-state index contributed by atoms with van der Waals surface area (Å²) in [7, 11) is -1.13. The lowest BCUT2D eigenvalue weighted by molar-refractivity contribution is -0.385. The molecule has 4 rings (SSSR count). The van der Waals surface area contributed by atoms with Gasteiger partial charge in [0.1, 0.15) is 17.2 Å². The fraction of sp³-hybridized carbons (Fsp3) is 0.111. The topological polar surface area (TPSA) is 107 Å². The molecule has 142 valence electrons. The van der Waals surface area contributed by atoms with E-state index in [1.165, 1.54) is 53.2 Å². The molecule has 10 heteroatoms. The maximum Gasteiger partial charge on any atom is 0.282 e. The van der Waals surface area contributed by atoms with Crippen LogP contribution in [0.2, 0.25) is 0 Å². The Balaban J connectivity index is 1.77. The van der Waals surface area contributed by atoms with Crippen molar-refractivity contribution in [3.05, 3.63) is 81.3 Å². The number of nitro benzene ring substituents is 1. The van der Waals surface area contributed by atoms with Gasteiger partial charge in [-0.1, -0.05) is 12.1 Å². The smallest absolute Gasteiger partial charge is 0.282 e. The van der Waals surface area contributed by atoms with Crippen molar-refractivity contribution in [2.24, 2.45) is 0 Å². The summed E-state index contributed by atoms with van der Waals surface area (Å²) in [5, 5.41) is 18.3. The van der Waals surface area contributed by atoms with Crippen LogP contribution < -0.4 is 5.32 Å². The molecule has 3 aromatic rings. The maximum atomic E-state index is 13.3. The number of aromatic nitrogens is 2. The largest absolute Gasteiger partial charge is 0.306 e. The number of nitrogens with zero attached hydrogens (tertiary/aromatic N) is 3. The summed E-state index contributed by atoms with van der Waals surface area (Å²) in [6.45, 7) is 0. The third-order valence-corrected chi connectivity index (χ3v) is 5.52. The average Bonchev–Trinajstić information content (AvgIpc) is 3.19. The van der Waals surface area contributed by atoms with E-state index in [0.29, 0.717) is 16.9 Å². The number of benzene rings is 2. The minimum Gasteiger partial charge on any atom is -0.306 e. The van der Waals surface area contributed by atoms with Crippen molar-refractivity contribution in [2.45, 2.75) is 11.5 Å². The van der Waals surface area contributed by atoms with Crippen molar-refractivity contribution in [3.8, 4) is 5.69 Å². The second kappa shape index (κ2) is 6.97. The van der Waals surface area contributed by atoms with E-state index >= 15 is 0 Å². The Kier molecular flexibility index (Phi) is 4.47. The van der Waals surface area contributed by atoms with Crippen LogP contribution in [0.1, 0.15) is 21.6 Å². The second-order valence-corrected chi connectivity index (χ2v) is 7.58. The molecule has 0 fully saturated rings. The summed E-state index contributed by atoms with van der Waals surface area (Å²) >= 11 is 0. The van der Waals surface area contributed by atoms with Crippen LogP contribution in [-0.4, -0.2) is 24.8 Å². The lowest BCUT2D eigenvalue weighted by Gasteiger charge is -2.11. The molecule has 2 aromatic carbocycles. The van der Waals surface area contributed by atoms with Gasteiger partial charge >= 0.3 is 0 Å². The highest BCUT2D eigenvalue weighted by molar-refractivity contribution is 7.83. The second-order valence-electron chi connectivity index (χ2n) is 6.12. The SMILES string of the molecule is O=C(Nc1c2c(nn1-c1ccc(F)cc1)C[S@](=O)C2)c1ccccc1[N+](=O)[O-]. The molecular formula is C18H13FN4O4S. The van der Waals surface area contributed by atoms with Crippen LogP contribution in [0, 0.1) is 15.9 Å². The molecule has 1 aliphatic heterocycles. The molecule has 2 heterocycles. The van der Waals surface area contributed by atoms with Crippen molar-refractivity contribution in [2.75, 3.05) is 5.32 Å². The Morgan fingerprint density at radius 2 is 1.89 bits per heavy atom. The van der Waals surface area contributed by atoms with Crippen molar-refractivity contribution in [1.82, 2.24) is 9.78 Å². The predicted molar refractivity (Wildman–Crippen MR) is 100 cm³/mol. The summed E-state index contributed by atoms with van der Waals surface area (Å²) in [5.41, 5.74) is 1.25. The van der Waals surface area contributed by atoms with Crippen LogP contribution in [0.3, 0.4) is 0 Å². The van der Waals surface area contributed by atoms with E-state index in [2.05, 4.69) is 10.4 Å². The van der Waals surface area contributed by atoms with Gasteiger partial charge in [-0.3, -0.25) is 19.1 Å². The minimum atomic E-state index is -1.13. The zero-order valence-electron chi connectivity index (χ0n) is 14.3. The van der Waals surface area contributed by atoms with Gasteiger partial charge in [-0.2, -0.15) is 5.10 Å². The Hall–Kier alpha value is -3.40. The first-order chi connectivity index (χ1) is 13.4. The van der Waals surface area contributed by atoms with Crippen LogP contribution >= 0.6 is 0 Å². The third-order valence-electron chi connectivity index (χ3n) is 4.32. The number of hydrogen-bond donors (Lipinski definition) is 1. The molecule has 0 bridgehead atoms. The molecular weight excluding hydrogens is 387 g/mol. The van der Waals surface area contributed by atoms with Gasteiger partial charge in [0.15, 0.2) is 0 Å². The Morgan fingerprint density at radius 3 is 2.61 bits per heavy atom. The van der Waals surface area contributed by atoms with E-state index in [0.717, 1.165) is 0 Å². The average molecular weight is 400 g/mol. The highest BCUT2D eigenvalue weighted by atomic mass is 32.2.